The van der Waals surface area contributed by atoms with Crippen LogP contribution in [-0.4, -0.2) is 32.0 Å². The Balaban J connectivity index is 0.982. The maximum atomic E-state index is 13.7. The molecule has 1 N–H and O–H groups in total. The molecule has 2 saturated heterocycles. The van der Waals surface area contributed by atoms with Gasteiger partial charge in [0.25, 0.3) is 0 Å². The Kier molecular flexibility index (Phi) is 6.62. The summed E-state index contributed by atoms with van der Waals surface area (Å²) in [4.78, 5) is 53.8. The van der Waals surface area contributed by atoms with E-state index in [4.69, 9.17) is 9.47 Å². The van der Waals surface area contributed by atoms with Gasteiger partial charge in [-0.25, -0.2) is 13.3 Å². The van der Waals surface area contributed by atoms with Gasteiger partial charge in [-0.15, -0.1) is 0 Å². The fraction of sp³-hybridized carbons (Fsp3) is 0.167. The normalized spacial score (nSPS) is 25.8. The van der Waals surface area contributed by atoms with E-state index < -0.39 is 69.0 Å². The van der Waals surface area contributed by atoms with Crippen molar-refractivity contribution in [3.8, 4) is 23.0 Å². The molecule has 4 amide bonds. The molecule has 2 heterocycles. The number of hydrogen-bond donors (Lipinski definition) is 1. The number of para-hydroxylation sites is 1. The summed E-state index contributed by atoms with van der Waals surface area (Å²) in [5.41, 5.74) is 0.311. The molecule has 4 aromatic carbocycles. The Morgan fingerprint density at radius 1 is 0.532 bits per heavy atom. The van der Waals surface area contributed by atoms with Gasteiger partial charge < -0.3 is 9.47 Å². The Labute approximate surface area is 269 Å². The summed E-state index contributed by atoms with van der Waals surface area (Å²) < 4.78 is 38.3. The summed E-state index contributed by atoms with van der Waals surface area (Å²) in [6, 6.07) is 27.8. The van der Waals surface area contributed by atoms with Gasteiger partial charge in [0, 0.05) is 17.9 Å². The molecule has 6 unspecified atom stereocenters. The number of rotatable bonds is 7. The molecule has 3 fully saturated rings. The van der Waals surface area contributed by atoms with Crippen molar-refractivity contribution >= 4 is 39.2 Å². The molecule has 0 radical (unpaired) electrons. The number of imide groups is 2. The van der Waals surface area contributed by atoms with Crippen molar-refractivity contribution in [2.45, 2.75) is 9.79 Å². The van der Waals surface area contributed by atoms with Crippen molar-refractivity contribution in [2.75, 3.05) is 4.90 Å². The average Bonchev–Trinajstić information content (AvgIpc) is 3.55. The van der Waals surface area contributed by atoms with Crippen LogP contribution in [-0.2, 0) is 29.0 Å². The molecule has 10 nitrogen and oxygen atoms in total. The Bertz CT molecular complexity index is 2050. The van der Waals surface area contributed by atoms with Gasteiger partial charge >= 0.3 is 0 Å². The largest absolute Gasteiger partial charge is 0.457 e. The minimum Gasteiger partial charge on any atom is -0.457 e. The number of allylic oxidation sites excluding steroid dienone is 2. The van der Waals surface area contributed by atoms with Crippen LogP contribution in [0.3, 0.4) is 0 Å². The van der Waals surface area contributed by atoms with E-state index in [0.29, 0.717) is 28.7 Å². The first-order valence-electron chi connectivity index (χ1n) is 15.1. The van der Waals surface area contributed by atoms with Crippen molar-refractivity contribution in [3.05, 3.63) is 115 Å². The van der Waals surface area contributed by atoms with E-state index in [-0.39, 0.29) is 9.79 Å². The van der Waals surface area contributed by atoms with Crippen molar-refractivity contribution in [1.29, 1.82) is 0 Å². The highest BCUT2D eigenvalue weighted by molar-refractivity contribution is 7.91. The van der Waals surface area contributed by atoms with E-state index in [9.17, 15) is 27.6 Å². The van der Waals surface area contributed by atoms with Crippen molar-refractivity contribution in [3.63, 3.8) is 0 Å². The number of hydrogen-bond acceptors (Lipinski definition) is 8. The smallest absolute Gasteiger partial charge is 0.238 e. The van der Waals surface area contributed by atoms with E-state index in [1.807, 2.05) is 18.2 Å². The highest BCUT2D eigenvalue weighted by Crippen LogP contribution is 2.57. The number of nitrogens with zero attached hydrogens (tertiary/aromatic N) is 1. The van der Waals surface area contributed by atoms with E-state index in [1.54, 1.807) is 60.7 Å². The van der Waals surface area contributed by atoms with Crippen LogP contribution in [0.2, 0.25) is 0 Å². The average molecular weight is 647 g/mol. The molecule has 2 bridgehead atoms. The number of amides is 4. The van der Waals surface area contributed by atoms with Gasteiger partial charge in [-0.2, -0.15) is 0 Å². The van der Waals surface area contributed by atoms with Crippen LogP contribution >= 0.6 is 0 Å². The lowest BCUT2D eigenvalue weighted by molar-refractivity contribution is -0.137. The Morgan fingerprint density at radius 3 is 1.53 bits per heavy atom. The molecule has 9 rings (SSSR count). The fourth-order valence-corrected chi connectivity index (χ4v) is 8.62. The van der Waals surface area contributed by atoms with Crippen LogP contribution < -0.4 is 19.7 Å². The highest BCUT2D eigenvalue weighted by atomic mass is 32.2. The molecule has 6 atom stereocenters. The zero-order chi connectivity index (χ0) is 32.4. The zero-order valence-electron chi connectivity index (χ0n) is 24.6. The number of benzene rings is 4. The third-order valence-electron chi connectivity index (χ3n) is 9.41. The molecule has 234 valence electrons. The molecule has 3 aliphatic carbocycles. The maximum Gasteiger partial charge on any atom is 0.238 e. The van der Waals surface area contributed by atoms with Crippen LogP contribution in [0.4, 0.5) is 5.69 Å². The second-order valence-electron chi connectivity index (χ2n) is 12.0. The lowest BCUT2D eigenvalue weighted by atomic mass is 9.54. The first kappa shape index (κ1) is 28.9. The number of anilines is 1. The number of ether oxygens (including phenoxy) is 2. The number of carbonyl (C=O) groups excluding carboxylic acids is 4. The van der Waals surface area contributed by atoms with Crippen molar-refractivity contribution in [2.24, 2.45) is 35.5 Å². The Morgan fingerprint density at radius 2 is 1.00 bits per heavy atom. The molecular formula is C36H26N2O8S. The quantitative estimate of drug-likeness (QED) is 0.221. The van der Waals surface area contributed by atoms with Crippen molar-refractivity contribution < 1.29 is 37.1 Å². The predicted octanol–water partition coefficient (Wildman–Crippen LogP) is 4.91. The SMILES string of the molecule is O=C1NC(=O)C2C3C=CC(C12)C1C(=O)N(c2cccc(Oc4ccc(S(=O)(=O)c5ccc(Oc6ccccc6)cc5)cc4)c2)C(=O)C31. The van der Waals surface area contributed by atoms with Crippen LogP contribution in [0.1, 0.15) is 0 Å². The third-order valence-corrected chi connectivity index (χ3v) is 11.2. The number of nitrogens with one attached hydrogen (secondary N) is 1. The summed E-state index contributed by atoms with van der Waals surface area (Å²) in [5.74, 6) is -3.57. The fourth-order valence-electron chi connectivity index (χ4n) is 7.36. The molecule has 4 aromatic rings. The second-order valence-corrected chi connectivity index (χ2v) is 13.9. The van der Waals surface area contributed by atoms with Crippen LogP contribution in [0.5, 0.6) is 23.0 Å². The van der Waals surface area contributed by atoms with E-state index in [0.717, 1.165) is 4.90 Å². The monoisotopic (exact) mass is 646 g/mol. The van der Waals surface area contributed by atoms with Crippen LogP contribution in [0, 0.1) is 35.5 Å². The molecule has 0 spiro atoms. The molecule has 0 aromatic heterocycles. The molecular weight excluding hydrogens is 620 g/mol. The van der Waals surface area contributed by atoms with Gasteiger partial charge in [-0.1, -0.05) is 36.4 Å². The van der Waals surface area contributed by atoms with E-state index in [2.05, 4.69) is 5.32 Å². The van der Waals surface area contributed by atoms with Gasteiger partial charge in [-0.05, 0) is 72.8 Å². The Hall–Kier alpha value is -5.55. The third kappa shape index (κ3) is 4.65. The number of sulfone groups is 1. The lowest BCUT2D eigenvalue weighted by Crippen LogP contribution is -2.50. The first-order valence-corrected chi connectivity index (χ1v) is 16.6. The van der Waals surface area contributed by atoms with E-state index >= 15 is 0 Å². The summed E-state index contributed by atoms with van der Waals surface area (Å²) in [7, 11) is -3.82. The summed E-state index contributed by atoms with van der Waals surface area (Å²) in [6.07, 6.45) is 3.61. The maximum absolute atomic E-state index is 13.7. The van der Waals surface area contributed by atoms with Gasteiger partial charge in [0.1, 0.15) is 23.0 Å². The summed E-state index contributed by atoms with van der Waals surface area (Å²) >= 11 is 0. The zero-order valence-corrected chi connectivity index (χ0v) is 25.4. The first-order chi connectivity index (χ1) is 22.7. The molecule has 2 aliphatic heterocycles. The topological polar surface area (TPSA) is 136 Å². The molecule has 11 heteroatoms. The van der Waals surface area contributed by atoms with Crippen molar-refractivity contribution in [1.82, 2.24) is 5.32 Å². The molecule has 47 heavy (non-hydrogen) atoms. The van der Waals surface area contributed by atoms with E-state index in [1.165, 1.54) is 36.4 Å². The van der Waals surface area contributed by atoms with Crippen LogP contribution in [0.15, 0.2) is 125 Å². The predicted molar refractivity (Wildman–Crippen MR) is 167 cm³/mol. The second kappa shape index (κ2) is 10.8. The standard InChI is InChI=1S/C36H26N2O8S/c39-33-29-27-17-18-28(30(29)34(40)37-33)32-31(27)35(41)38(36(32)42)20-5-4-8-24(19-20)46-23-11-15-26(16-12-23)47(43,44)25-13-9-22(10-14-25)45-21-6-2-1-3-7-21/h1-19,27-32H,(H,37,39,40). The minimum absolute atomic E-state index is 0.0753. The highest BCUT2D eigenvalue weighted by Gasteiger charge is 2.67. The summed E-state index contributed by atoms with van der Waals surface area (Å²) in [5, 5.41) is 2.37. The molecule has 1 saturated carbocycles. The summed E-state index contributed by atoms with van der Waals surface area (Å²) in [6.45, 7) is 0. The van der Waals surface area contributed by atoms with Gasteiger partial charge in [0.15, 0.2) is 0 Å². The van der Waals surface area contributed by atoms with Gasteiger partial charge in [0.2, 0.25) is 33.5 Å². The van der Waals surface area contributed by atoms with Crippen LogP contribution in [0.25, 0.3) is 0 Å². The molecule has 5 aliphatic rings. The van der Waals surface area contributed by atoms with Gasteiger partial charge in [0.05, 0.1) is 39.1 Å². The number of carbonyl (C=O) groups is 4. The van der Waals surface area contributed by atoms with Gasteiger partial charge in [-0.3, -0.25) is 24.5 Å². The lowest BCUT2D eigenvalue weighted by Gasteiger charge is -2.44. The minimum atomic E-state index is -3.82.